The van der Waals surface area contributed by atoms with Crippen LogP contribution in [0, 0.1) is 0 Å². The summed E-state index contributed by atoms with van der Waals surface area (Å²) in [5.41, 5.74) is 0.675. The van der Waals surface area contributed by atoms with E-state index in [0.29, 0.717) is 23.8 Å². The molecule has 0 radical (unpaired) electrons. The molecule has 0 bridgehead atoms. The number of carbonyl (C=O) groups is 1. The van der Waals surface area contributed by atoms with Crippen molar-refractivity contribution in [1.29, 1.82) is 0 Å². The first-order valence-electron chi connectivity index (χ1n) is 8.51. The number of hydrogen-bond acceptors (Lipinski definition) is 4. The molecule has 1 aliphatic rings. The van der Waals surface area contributed by atoms with Crippen molar-refractivity contribution in [2.75, 3.05) is 38.0 Å². The maximum absolute atomic E-state index is 12.8. The number of rotatable bonds is 5. The third-order valence-electron chi connectivity index (χ3n) is 4.43. The van der Waals surface area contributed by atoms with Crippen molar-refractivity contribution in [1.82, 2.24) is 9.21 Å². The van der Waals surface area contributed by atoms with Crippen LogP contribution >= 0.6 is 34.8 Å². The topological polar surface area (TPSA) is 69.7 Å². The summed E-state index contributed by atoms with van der Waals surface area (Å²) in [7, 11) is -3.78. The first-order chi connectivity index (χ1) is 13.3. The van der Waals surface area contributed by atoms with Crippen molar-refractivity contribution in [3.05, 3.63) is 57.5 Å². The molecule has 0 aliphatic carbocycles. The molecule has 28 heavy (non-hydrogen) atoms. The standard InChI is InChI=1S/C18H18Cl3N3O3S/c19-13-4-1-2-6-15(13)22-12-17(25)23-8-10-24(11-9-23)28(26,27)16-7-3-5-14(20)18(16)21/h1-7,22H,8-12H2. The summed E-state index contributed by atoms with van der Waals surface area (Å²) >= 11 is 18.1. The number of benzene rings is 2. The molecule has 1 amide bonds. The van der Waals surface area contributed by atoms with Gasteiger partial charge in [0, 0.05) is 26.2 Å². The molecule has 0 saturated carbocycles. The van der Waals surface area contributed by atoms with Gasteiger partial charge in [-0.05, 0) is 24.3 Å². The van der Waals surface area contributed by atoms with Crippen LogP contribution in [0.4, 0.5) is 5.69 Å². The normalized spacial score (nSPS) is 15.5. The molecule has 0 atom stereocenters. The average Bonchev–Trinajstić information content (AvgIpc) is 2.69. The molecule has 2 aromatic rings. The van der Waals surface area contributed by atoms with Crippen molar-refractivity contribution in [3.8, 4) is 0 Å². The summed E-state index contributed by atoms with van der Waals surface area (Å²) in [5, 5.41) is 3.72. The molecule has 2 aromatic carbocycles. The second-order valence-electron chi connectivity index (χ2n) is 6.17. The molecule has 0 spiro atoms. The van der Waals surface area contributed by atoms with Gasteiger partial charge < -0.3 is 10.2 Å². The van der Waals surface area contributed by atoms with Crippen LogP contribution in [0.1, 0.15) is 0 Å². The molecule has 1 aliphatic heterocycles. The first-order valence-corrected chi connectivity index (χ1v) is 11.1. The van der Waals surface area contributed by atoms with Gasteiger partial charge in [0.05, 0.1) is 27.3 Å². The predicted molar refractivity (Wildman–Crippen MR) is 112 cm³/mol. The highest BCUT2D eigenvalue weighted by atomic mass is 35.5. The molecule has 0 unspecified atom stereocenters. The first kappa shape index (κ1) is 21.2. The monoisotopic (exact) mass is 461 g/mol. The van der Waals surface area contributed by atoms with Gasteiger partial charge in [0.25, 0.3) is 0 Å². The van der Waals surface area contributed by atoms with E-state index in [0.717, 1.165) is 0 Å². The molecular formula is C18H18Cl3N3O3S. The van der Waals surface area contributed by atoms with Crippen molar-refractivity contribution >= 4 is 56.4 Å². The van der Waals surface area contributed by atoms with Crippen LogP contribution in [0.5, 0.6) is 0 Å². The molecule has 3 rings (SSSR count). The lowest BCUT2D eigenvalue weighted by atomic mass is 10.3. The Morgan fingerprint density at radius 2 is 1.57 bits per heavy atom. The summed E-state index contributed by atoms with van der Waals surface area (Å²) in [6.45, 7) is 1.03. The van der Waals surface area contributed by atoms with E-state index in [1.807, 2.05) is 6.07 Å². The summed E-state index contributed by atoms with van der Waals surface area (Å²) in [5.74, 6) is -0.127. The third-order valence-corrected chi connectivity index (χ3v) is 7.63. The quantitative estimate of drug-likeness (QED) is 0.737. The van der Waals surface area contributed by atoms with Crippen LogP contribution in [0.3, 0.4) is 0 Å². The van der Waals surface area contributed by atoms with Gasteiger partial charge in [0.1, 0.15) is 4.90 Å². The second kappa shape index (κ2) is 8.88. The van der Waals surface area contributed by atoms with Crippen LogP contribution in [0.15, 0.2) is 47.4 Å². The molecule has 150 valence electrons. The van der Waals surface area contributed by atoms with Gasteiger partial charge in [-0.15, -0.1) is 0 Å². The molecule has 10 heteroatoms. The molecular weight excluding hydrogens is 445 g/mol. The van der Waals surface area contributed by atoms with E-state index in [1.165, 1.54) is 16.4 Å². The number of para-hydroxylation sites is 1. The number of halogens is 3. The van der Waals surface area contributed by atoms with E-state index < -0.39 is 10.0 Å². The van der Waals surface area contributed by atoms with Gasteiger partial charge in [0.2, 0.25) is 15.9 Å². The number of carbonyl (C=O) groups excluding carboxylic acids is 1. The van der Waals surface area contributed by atoms with Crippen LogP contribution < -0.4 is 5.32 Å². The number of anilines is 1. The molecule has 1 N–H and O–H groups in total. The second-order valence-corrected chi connectivity index (χ2v) is 9.27. The van der Waals surface area contributed by atoms with E-state index in [9.17, 15) is 13.2 Å². The van der Waals surface area contributed by atoms with Gasteiger partial charge in [-0.3, -0.25) is 4.79 Å². The fourth-order valence-corrected chi connectivity index (χ4v) is 5.25. The van der Waals surface area contributed by atoms with Crippen molar-refractivity contribution < 1.29 is 13.2 Å². The number of hydrogen-bond donors (Lipinski definition) is 1. The van der Waals surface area contributed by atoms with E-state index in [1.54, 1.807) is 29.2 Å². The minimum absolute atomic E-state index is 0.00612. The summed E-state index contributed by atoms with van der Waals surface area (Å²) in [4.78, 5) is 14.0. The summed E-state index contributed by atoms with van der Waals surface area (Å²) < 4.78 is 27.0. The number of sulfonamides is 1. The Bertz CT molecular complexity index is 977. The Morgan fingerprint density at radius 1 is 0.929 bits per heavy atom. The molecule has 1 saturated heterocycles. The van der Waals surface area contributed by atoms with Gasteiger partial charge in [-0.1, -0.05) is 53.0 Å². The average molecular weight is 463 g/mol. The van der Waals surface area contributed by atoms with Gasteiger partial charge >= 0.3 is 0 Å². The number of piperazine rings is 1. The van der Waals surface area contributed by atoms with Crippen LogP contribution in [0.2, 0.25) is 15.1 Å². The zero-order valence-corrected chi connectivity index (χ0v) is 17.8. The molecule has 6 nitrogen and oxygen atoms in total. The highest BCUT2D eigenvalue weighted by Crippen LogP contribution is 2.31. The Hall–Kier alpha value is -1.51. The third kappa shape index (κ3) is 4.55. The van der Waals surface area contributed by atoms with Gasteiger partial charge in [-0.25, -0.2) is 8.42 Å². The zero-order chi connectivity index (χ0) is 20.3. The predicted octanol–water partition coefficient (Wildman–Crippen LogP) is 3.59. The Morgan fingerprint density at radius 3 is 2.25 bits per heavy atom. The Labute approximate surface area is 179 Å². The summed E-state index contributed by atoms with van der Waals surface area (Å²) in [6.07, 6.45) is 0. The largest absolute Gasteiger partial charge is 0.375 e. The van der Waals surface area contributed by atoms with Crippen LogP contribution in [-0.4, -0.2) is 56.3 Å². The SMILES string of the molecule is O=C(CNc1ccccc1Cl)N1CCN(S(=O)(=O)c2cccc(Cl)c2Cl)CC1. The lowest BCUT2D eigenvalue weighted by Gasteiger charge is -2.34. The van der Waals surface area contributed by atoms with Gasteiger partial charge in [0.15, 0.2) is 0 Å². The lowest BCUT2D eigenvalue weighted by Crippen LogP contribution is -2.51. The molecule has 1 heterocycles. The minimum atomic E-state index is -3.78. The number of nitrogens with one attached hydrogen (secondary N) is 1. The fraction of sp³-hybridized carbons (Fsp3) is 0.278. The fourth-order valence-electron chi connectivity index (χ4n) is 2.89. The van der Waals surface area contributed by atoms with Gasteiger partial charge in [-0.2, -0.15) is 4.31 Å². The zero-order valence-electron chi connectivity index (χ0n) is 14.7. The highest BCUT2D eigenvalue weighted by Gasteiger charge is 2.31. The number of nitrogens with zero attached hydrogens (tertiary/aromatic N) is 2. The van der Waals surface area contributed by atoms with Crippen molar-refractivity contribution in [2.45, 2.75) is 4.90 Å². The lowest BCUT2D eigenvalue weighted by molar-refractivity contribution is -0.130. The van der Waals surface area contributed by atoms with E-state index in [-0.39, 0.29) is 40.5 Å². The van der Waals surface area contributed by atoms with E-state index in [4.69, 9.17) is 34.8 Å². The van der Waals surface area contributed by atoms with Crippen LogP contribution in [-0.2, 0) is 14.8 Å². The maximum Gasteiger partial charge on any atom is 0.244 e. The van der Waals surface area contributed by atoms with Crippen LogP contribution in [0.25, 0.3) is 0 Å². The molecule has 1 fully saturated rings. The maximum atomic E-state index is 12.8. The highest BCUT2D eigenvalue weighted by molar-refractivity contribution is 7.89. The Balaban J connectivity index is 1.60. The molecule has 0 aromatic heterocycles. The smallest absolute Gasteiger partial charge is 0.244 e. The summed E-state index contributed by atoms with van der Waals surface area (Å²) in [6, 6.07) is 11.7. The number of amides is 1. The van der Waals surface area contributed by atoms with Crippen molar-refractivity contribution in [3.63, 3.8) is 0 Å². The van der Waals surface area contributed by atoms with Crippen molar-refractivity contribution in [2.24, 2.45) is 0 Å². The van der Waals surface area contributed by atoms with E-state index in [2.05, 4.69) is 5.32 Å². The minimum Gasteiger partial charge on any atom is -0.375 e. The Kier molecular flexibility index (Phi) is 6.73. The van der Waals surface area contributed by atoms with E-state index >= 15 is 0 Å².